The molecule has 0 spiro atoms. The van der Waals surface area contributed by atoms with Gasteiger partial charge in [-0.2, -0.15) is 0 Å². The SMILES string of the molecule is NC(=O)C1CCC(Nc2ccncc2Br)CC1. The molecule has 0 aromatic carbocycles. The molecule has 1 saturated carbocycles. The molecule has 17 heavy (non-hydrogen) atoms. The topological polar surface area (TPSA) is 68.0 Å². The van der Waals surface area contributed by atoms with Crippen molar-refractivity contribution in [2.24, 2.45) is 11.7 Å². The van der Waals surface area contributed by atoms with Gasteiger partial charge in [0.25, 0.3) is 0 Å². The van der Waals surface area contributed by atoms with E-state index in [0.717, 1.165) is 35.8 Å². The molecule has 1 aliphatic rings. The lowest BCUT2D eigenvalue weighted by Gasteiger charge is -2.28. The molecule has 1 aromatic rings. The molecular formula is C12H16BrN3O. The van der Waals surface area contributed by atoms with E-state index in [1.165, 1.54) is 0 Å². The van der Waals surface area contributed by atoms with Gasteiger partial charge in [-0.3, -0.25) is 9.78 Å². The van der Waals surface area contributed by atoms with Crippen LogP contribution in [0.1, 0.15) is 25.7 Å². The molecule has 0 unspecified atom stereocenters. The maximum Gasteiger partial charge on any atom is 0.220 e. The van der Waals surface area contributed by atoms with Crippen molar-refractivity contribution < 1.29 is 4.79 Å². The van der Waals surface area contributed by atoms with E-state index in [9.17, 15) is 4.79 Å². The number of hydrogen-bond donors (Lipinski definition) is 2. The molecular weight excluding hydrogens is 282 g/mol. The van der Waals surface area contributed by atoms with Crippen LogP contribution in [0.3, 0.4) is 0 Å². The van der Waals surface area contributed by atoms with E-state index in [1.54, 1.807) is 12.4 Å². The minimum absolute atomic E-state index is 0.0638. The molecule has 1 amide bonds. The summed E-state index contributed by atoms with van der Waals surface area (Å²) < 4.78 is 0.969. The Kier molecular flexibility index (Phi) is 3.99. The lowest BCUT2D eigenvalue weighted by atomic mass is 9.85. The average molecular weight is 298 g/mol. The van der Waals surface area contributed by atoms with Crippen molar-refractivity contribution in [2.45, 2.75) is 31.7 Å². The predicted molar refractivity (Wildman–Crippen MR) is 70.5 cm³/mol. The van der Waals surface area contributed by atoms with Crippen molar-refractivity contribution in [1.82, 2.24) is 4.98 Å². The van der Waals surface area contributed by atoms with Gasteiger partial charge in [-0.1, -0.05) is 0 Å². The highest BCUT2D eigenvalue weighted by Crippen LogP contribution is 2.28. The van der Waals surface area contributed by atoms with Crippen molar-refractivity contribution in [3.05, 3.63) is 22.9 Å². The number of nitrogens with one attached hydrogen (secondary N) is 1. The number of hydrogen-bond acceptors (Lipinski definition) is 3. The van der Waals surface area contributed by atoms with E-state index in [4.69, 9.17) is 5.73 Å². The first-order valence-electron chi connectivity index (χ1n) is 5.82. The number of rotatable bonds is 3. The van der Waals surface area contributed by atoms with Crippen LogP contribution in [0.25, 0.3) is 0 Å². The van der Waals surface area contributed by atoms with Gasteiger partial charge < -0.3 is 11.1 Å². The van der Waals surface area contributed by atoms with Crippen LogP contribution in [0, 0.1) is 5.92 Å². The summed E-state index contributed by atoms with van der Waals surface area (Å²) in [5, 5.41) is 3.47. The average Bonchev–Trinajstić information content (AvgIpc) is 2.33. The van der Waals surface area contributed by atoms with Gasteiger partial charge in [-0.15, -0.1) is 0 Å². The normalized spacial score (nSPS) is 24.3. The van der Waals surface area contributed by atoms with Crippen LogP contribution >= 0.6 is 15.9 Å². The first kappa shape index (κ1) is 12.4. The second-order valence-corrected chi connectivity index (χ2v) is 5.31. The Morgan fingerprint density at radius 1 is 1.41 bits per heavy atom. The lowest BCUT2D eigenvalue weighted by molar-refractivity contribution is -0.122. The van der Waals surface area contributed by atoms with Crippen molar-refractivity contribution in [1.29, 1.82) is 0 Å². The van der Waals surface area contributed by atoms with Crippen LogP contribution in [0.15, 0.2) is 22.9 Å². The summed E-state index contributed by atoms with van der Waals surface area (Å²) in [5.74, 6) is -0.0949. The second kappa shape index (κ2) is 5.49. The van der Waals surface area contributed by atoms with Gasteiger partial charge >= 0.3 is 0 Å². The fraction of sp³-hybridized carbons (Fsp3) is 0.500. The zero-order valence-corrected chi connectivity index (χ0v) is 11.1. The largest absolute Gasteiger partial charge is 0.381 e. The van der Waals surface area contributed by atoms with Crippen LogP contribution in [0.5, 0.6) is 0 Å². The number of amides is 1. The molecule has 0 aliphatic heterocycles. The Bertz CT molecular complexity index is 402. The number of nitrogens with zero attached hydrogens (tertiary/aromatic N) is 1. The number of halogens is 1. The summed E-state index contributed by atoms with van der Waals surface area (Å²) in [5.41, 5.74) is 6.37. The van der Waals surface area contributed by atoms with E-state index in [1.807, 2.05) is 6.07 Å². The molecule has 1 aromatic heterocycles. The summed E-state index contributed by atoms with van der Waals surface area (Å²) in [7, 11) is 0. The van der Waals surface area contributed by atoms with Gasteiger partial charge in [0.05, 0.1) is 10.2 Å². The number of primary amides is 1. The first-order chi connectivity index (χ1) is 8.16. The van der Waals surface area contributed by atoms with Gasteiger partial charge in [-0.25, -0.2) is 0 Å². The number of anilines is 1. The molecule has 0 bridgehead atoms. The molecule has 0 atom stereocenters. The van der Waals surface area contributed by atoms with E-state index in [0.29, 0.717) is 6.04 Å². The van der Waals surface area contributed by atoms with Gasteiger partial charge in [0.2, 0.25) is 5.91 Å². The molecule has 0 radical (unpaired) electrons. The number of carbonyl (C=O) groups is 1. The Labute approximate surface area is 109 Å². The Morgan fingerprint density at radius 2 is 2.12 bits per heavy atom. The van der Waals surface area contributed by atoms with Crippen LogP contribution < -0.4 is 11.1 Å². The van der Waals surface area contributed by atoms with Gasteiger partial charge in [0.1, 0.15) is 0 Å². The highest BCUT2D eigenvalue weighted by molar-refractivity contribution is 9.10. The summed E-state index contributed by atoms with van der Waals surface area (Å²) in [6.07, 6.45) is 7.29. The van der Waals surface area contributed by atoms with Crippen molar-refractivity contribution in [3.63, 3.8) is 0 Å². The highest BCUT2D eigenvalue weighted by Gasteiger charge is 2.24. The summed E-state index contributed by atoms with van der Waals surface area (Å²) in [6, 6.07) is 2.37. The van der Waals surface area contributed by atoms with Crippen LogP contribution in [0.4, 0.5) is 5.69 Å². The molecule has 0 saturated heterocycles. The number of nitrogens with two attached hydrogens (primary N) is 1. The molecule has 1 fully saturated rings. The molecule has 4 nitrogen and oxygen atoms in total. The number of carbonyl (C=O) groups excluding carboxylic acids is 1. The minimum Gasteiger partial charge on any atom is -0.381 e. The molecule has 2 rings (SSSR count). The maximum absolute atomic E-state index is 11.1. The van der Waals surface area contributed by atoms with Gasteiger partial charge in [-0.05, 0) is 47.7 Å². The van der Waals surface area contributed by atoms with E-state index in [-0.39, 0.29) is 11.8 Å². The summed E-state index contributed by atoms with van der Waals surface area (Å²) in [6.45, 7) is 0. The van der Waals surface area contributed by atoms with Crippen molar-refractivity contribution >= 4 is 27.5 Å². The van der Waals surface area contributed by atoms with E-state index >= 15 is 0 Å². The van der Waals surface area contributed by atoms with E-state index < -0.39 is 0 Å². The Balaban J connectivity index is 1.90. The van der Waals surface area contributed by atoms with Gasteiger partial charge in [0, 0.05) is 24.4 Å². The Hall–Kier alpha value is -1.10. The molecule has 1 aliphatic carbocycles. The highest BCUT2D eigenvalue weighted by atomic mass is 79.9. The summed E-state index contributed by atoms with van der Waals surface area (Å²) >= 11 is 3.46. The monoisotopic (exact) mass is 297 g/mol. The zero-order valence-electron chi connectivity index (χ0n) is 9.53. The smallest absolute Gasteiger partial charge is 0.220 e. The minimum atomic E-state index is -0.159. The van der Waals surface area contributed by atoms with Crippen LogP contribution in [-0.4, -0.2) is 16.9 Å². The standard InChI is InChI=1S/C12H16BrN3O/c13-10-7-15-6-5-11(10)16-9-3-1-8(2-4-9)12(14)17/h5-9H,1-4H2,(H2,14,17)(H,15,16). The predicted octanol–water partition coefficient (Wildman–Crippen LogP) is 2.30. The number of aromatic nitrogens is 1. The molecule has 1 heterocycles. The third-order valence-corrected chi connectivity index (χ3v) is 3.89. The fourth-order valence-corrected chi connectivity index (χ4v) is 2.60. The molecule has 92 valence electrons. The summed E-state index contributed by atoms with van der Waals surface area (Å²) in [4.78, 5) is 15.1. The maximum atomic E-state index is 11.1. The molecule has 3 N–H and O–H groups in total. The lowest BCUT2D eigenvalue weighted by Crippen LogP contribution is -2.32. The van der Waals surface area contributed by atoms with Crippen LogP contribution in [-0.2, 0) is 4.79 Å². The fourth-order valence-electron chi connectivity index (χ4n) is 2.23. The third-order valence-electron chi connectivity index (χ3n) is 3.26. The molecule has 5 heteroatoms. The second-order valence-electron chi connectivity index (χ2n) is 4.45. The van der Waals surface area contributed by atoms with Gasteiger partial charge in [0.15, 0.2) is 0 Å². The Morgan fingerprint density at radius 3 is 2.71 bits per heavy atom. The quantitative estimate of drug-likeness (QED) is 0.899. The zero-order chi connectivity index (χ0) is 12.3. The third kappa shape index (κ3) is 3.19. The van der Waals surface area contributed by atoms with Crippen molar-refractivity contribution in [3.8, 4) is 0 Å². The van der Waals surface area contributed by atoms with Crippen molar-refractivity contribution in [2.75, 3.05) is 5.32 Å². The number of pyridine rings is 1. The van der Waals surface area contributed by atoms with Crippen LogP contribution in [0.2, 0.25) is 0 Å². The van der Waals surface area contributed by atoms with E-state index in [2.05, 4.69) is 26.2 Å². The first-order valence-corrected chi connectivity index (χ1v) is 6.61.